The molecule has 3 aromatic rings. The van der Waals surface area contributed by atoms with E-state index in [1.54, 1.807) is 51.1 Å². The molecule has 37 heavy (non-hydrogen) atoms. The van der Waals surface area contributed by atoms with Gasteiger partial charge in [-0.15, -0.1) is 0 Å². The first-order valence-corrected chi connectivity index (χ1v) is 13.0. The predicted octanol–water partition coefficient (Wildman–Crippen LogP) is 2.37. The van der Waals surface area contributed by atoms with E-state index in [1.807, 2.05) is 19.9 Å². The number of benzene rings is 3. The average Bonchev–Trinajstić information content (AvgIpc) is 2.80. The number of rotatable bonds is 6. The van der Waals surface area contributed by atoms with Crippen LogP contribution in [0, 0.1) is 13.8 Å². The Morgan fingerprint density at radius 3 is 2.00 bits per heavy atom. The maximum atomic E-state index is 13.4. The maximum Gasteiger partial charge on any atom is 0.490 e. The summed E-state index contributed by atoms with van der Waals surface area (Å²) >= 11 is 0. The van der Waals surface area contributed by atoms with Crippen LogP contribution in [0.3, 0.4) is 0 Å². The number of carbonyl (C=O) groups excluding carboxylic acids is 2. The molecule has 194 valence electrons. The van der Waals surface area contributed by atoms with Gasteiger partial charge in [0, 0.05) is 22.3 Å². The van der Waals surface area contributed by atoms with Crippen molar-refractivity contribution in [3.8, 4) is 0 Å². The Kier molecular flexibility index (Phi) is 8.11. The smallest absolute Gasteiger partial charge is 0.423 e. The van der Waals surface area contributed by atoms with Crippen LogP contribution in [-0.2, 0) is 10.0 Å². The summed E-state index contributed by atoms with van der Waals surface area (Å²) in [7, 11) is -6.08. The Morgan fingerprint density at radius 2 is 1.46 bits per heavy atom. The minimum atomic E-state index is -4.08. The molecule has 0 aliphatic carbocycles. The number of nitrogens with one attached hydrogen (secondary N) is 2. The van der Waals surface area contributed by atoms with Crippen LogP contribution in [-0.4, -0.2) is 47.9 Å². The highest BCUT2D eigenvalue weighted by Crippen LogP contribution is 2.20. The molecular weight excluding hydrogens is 493 g/mol. The van der Waals surface area contributed by atoms with Gasteiger partial charge in [-0.2, -0.15) is 0 Å². The van der Waals surface area contributed by atoms with E-state index in [-0.39, 0.29) is 21.6 Å². The number of hydrogen-bond donors (Lipinski definition) is 4. The third-order valence-electron chi connectivity index (χ3n) is 5.45. The normalized spacial score (nSPS) is 11.5. The Labute approximate surface area is 217 Å². The summed E-state index contributed by atoms with van der Waals surface area (Å²) in [4.78, 5) is 26.6. The summed E-state index contributed by atoms with van der Waals surface area (Å²) in [5.41, 5.74) is 3.70. The number of carbonyl (C=O) groups is 2. The Morgan fingerprint density at radius 1 is 0.865 bits per heavy atom. The first-order valence-electron chi connectivity index (χ1n) is 11.5. The molecule has 2 amide bonds. The monoisotopic (exact) mass is 523 g/mol. The van der Waals surface area contributed by atoms with Gasteiger partial charge in [-0.1, -0.05) is 41.5 Å². The molecule has 0 atom stereocenters. The van der Waals surface area contributed by atoms with E-state index in [0.717, 1.165) is 11.1 Å². The molecule has 3 rings (SSSR count). The van der Waals surface area contributed by atoms with E-state index in [2.05, 4.69) is 10.1 Å². The van der Waals surface area contributed by atoms with Crippen molar-refractivity contribution in [2.24, 2.45) is 0 Å². The van der Waals surface area contributed by atoms with Gasteiger partial charge in [-0.3, -0.25) is 19.7 Å². The van der Waals surface area contributed by atoms with Gasteiger partial charge in [-0.05, 0) is 71.0 Å². The van der Waals surface area contributed by atoms with Crippen molar-refractivity contribution < 1.29 is 28.1 Å². The quantitative estimate of drug-likeness (QED) is 0.289. The summed E-state index contributed by atoms with van der Waals surface area (Å²) < 4.78 is 28.0. The van der Waals surface area contributed by atoms with Crippen molar-refractivity contribution in [3.63, 3.8) is 0 Å². The Hall–Kier alpha value is -3.67. The molecule has 0 saturated carbocycles. The maximum absolute atomic E-state index is 13.4. The van der Waals surface area contributed by atoms with Crippen LogP contribution < -0.4 is 15.6 Å². The van der Waals surface area contributed by atoms with Gasteiger partial charge < -0.3 is 10.0 Å². The van der Waals surface area contributed by atoms with Gasteiger partial charge in [0.2, 0.25) is 0 Å². The van der Waals surface area contributed by atoms with Crippen molar-refractivity contribution in [2.45, 2.75) is 45.1 Å². The highest BCUT2D eigenvalue weighted by atomic mass is 32.2. The summed E-state index contributed by atoms with van der Waals surface area (Å²) in [6, 6.07) is 16.7. The van der Waals surface area contributed by atoms with E-state index in [9.17, 15) is 28.1 Å². The summed E-state index contributed by atoms with van der Waals surface area (Å²) in [6.07, 6.45) is 0. The highest BCUT2D eigenvalue weighted by Gasteiger charge is 2.30. The molecule has 0 aliphatic rings. The molecule has 0 spiro atoms. The van der Waals surface area contributed by atoms with Crippen LogP contribution in [0.15, 0.2) is 71.6 Å². The second kappa shape index (κ2) is 10.8. The summed E-state index contributed by atoms with van der Waals surface area (Å²) in [5.74, 6) is -1.10. The molecule has 9 nitrogen and oxygen atoms in total. The molecule has 0 aliphatic heterocycles. The van der Waals surface area contributed by atoms with Crippen molar-refractivity contribution in [3.05, 3.63) is 89.0 Å². The number of sulfonamides is 1. The zero-order valence-electron chi connectivity index (χ0n) is 21.3. The lowest BCUT2D eigenvalue weighted by Gasteiger charge is -2.35. The van der Waals surface area contributed by atoms with Crippen LogP contribution in [0.1, 0.15) is 52.6 Å². The van der Waals surface area contributed by atoms with E-state index in [1.165, 1.54) is 35.3 Å². The van der Waals surface area contributed by atoms with Crippen molar-refractivity contribution >= 4 is 40.1 Å². The van der Waals surface area contributed by atoms with Crippen molar-refractivity contribution in [2.75, 3.05) is 4.72 Å². The number of hydrogen-bond acceptors (Lipinski definition) is 6. The number of aryl methyl sites for hydroxylation is 2. The number of anilines is 1. The second-order valence-corrected chi connectivity index (χ2v) is 11.4. The first-order chi connectivity index (χ1) is 17.2. The minimum absolute atomic E-state index is 0.00219. The van der Waals surface area contributed by atoms with E-state index >= 15 is 0 Å². The fraction of sp³-hybridized carbons (Fsp3) is 0.231. The number of hydrazine groups is 1. The van der Waals surface area contributed by atoms with Crippen molar-refractivity contribution in [1.29, 1.82) is 0 Å². The minimum Gasteiger partial charge on any atom is -0.423 e. The second-order valence-electron chi connectivity index (χ2n) is 9.72. The largest absolute Gasteiger partial charge is 0.490 e. The van der Waals surface area contributed by atoms with Crippen molar-refractivity contribution in [1.82, 2.24) is 10.4 Å². The lowest BCUT2D eigenvalue weighted by atomic mass is 9.78. The molecule has 4 N–H and O–H groups in total. The van der Waals surface area contributed by atoms with Gasteiger partial charge in [0.05, 0.1) is 10.4 Å². The van der Waals surface area contributed by atoms with Crippen LogP contribution in [0.4, 0.5) is 5.69 Å². The van der Waals surface area contributed by atoms with E-state index < -0.39 is 34.5 Å². The molecule has 0 saturated heterocycles. The highest BCUT2D eigenvalue weighted by molar-refractivity contribution is 7.92. The predicted molar refractivity (Wildman–Crippen MR) is 143 cm³/mol. The van der Waals surface area contributed by atoms with E-state index in [0.29, 0.717) is 5.56 Å². The Balaban J connectivity index is 1.96. The van der Waals surface area contributed by atoms with Crippen LogP contribution in [0.5, 0.6) is 0 Å². The zero-order valence-corrected chi connectivity index (χ0v) is 22.1. The third kappa shape index (κ3) is 6.76. The summed E-state index contributed by atoms with van der Waals surface area (Å²) in [5, 5.41) is 20.7. The lowest BCUT2D eigenvalue weighted by molar-refractivity contribution is 0.0358. The number of amides is 2. The lowest BCUT2D eigenvalue weighted by Crippen LogP contribution is -2.56. The zero-order chi connectivity index (χ0) is 27.5. The van der Waals surface area contributed by atoms with Crippen LogP contribution in [0.25, 0.3) is 0 Å². The molecule has 0 radical (unpaired) electrons. The Bertz CT molecular complexity index is 1400. The first kappa shape index (κ1) is 27.9. The third-order valence-corrected chi connectivity index (χ3v) is 6.83. The molecule has 0 aromatic heterocycles. The van der Waals surface area contributed by atoms with Gasteiger partial charge in [0.1, 0.15) is 0 Å². The van der Waals surface area contributed by atoms with Crippen LogP contribution in [0.2, 0.25) is 0 Å². The standard InChI is InChI=1S/C26H30BN3O6S/c1-17-13-18(2)15-20(14-17)25(32)30(26(3,4)5)28-24(31)19-11-12-22(27(33)34)23(16-19)29-37(35,36)21-9-7-6-8-10-21/h6-16,29,33-34H,1-5H3,(H,28,31). The number of nitrogens with zero attached hydrogens (tertiary/aromatic N) is 1. The molecule has 0 fully saturated rings. The molecule has 0 heterocycles. The van der Waals surface area contributed by atoms with E-state index in [4.69, 9.17) is 0 Å². The summed E-state index contributed by atoms with van der Waals surface area (Å²) in [6.45, 7) is 9.04. The topological polar surface area (TPSA) is 136 Å². The average molecular weight is 523 g/mol. The van der Waals surface area contributed by atoms with Gasteiger partial charge in [-0.25, -0.2) is 13.4 Å². The fourth-order valence-corrected chi connectivity index (χ4v) is 4.83. The molecular formula is C26H30BN3O6S. The van der Waals surface area contributed by atoms with Gasteiger partial charge in [0.25, 0.3) is 21.8 Å². The molecule has 3 aromatic carbocycles. The molecule has 0 bridgehead atoms. The fourth-order valence-electron chi connectivity index (χ4n) is 3.73. The van der Waals surface area contributed by atoms with Gasteiger partial charge in [0.15, 0.2) is 0 Å². The SMILES string of the molecule is Cc1cc(C)cc(C(=O)N(NC(=O)c2ccc(B(O)O)c(NS(=O)(=O)c3ccccc3)c2)C(C)(C)C)c1. The van der Waals surface area contributed by atoms with Gasteiger partial charge >= 0.3 is 7.12 Å². The molecule has 11 heteroatoms. The molecule has 0 unspecified atom stereocenters. The van der Waals surface area contributed by atoms with Crippen LogP contribution >= 0.6 is 0 Å².